The van der Waals surface area contributed by atoms with E-state index in [0.717, 1.165) is 21.3 Å². The summed E-state index contributed by atoms with van der Waals surface area (Å²) in [6.07, 6.45) is -0.000115. The molecule has 2 rings (SSSR count). The molecule has 0 bridgehead atoms. The van der Waals surface area contributed by atoms with Crippen LogP contribution in [0.25, 0.3) is 0 Å². The van der Waals surface area contributed by atoms with Crippen LogP contribution in [-0.2, 0) is 0 Å². The van der Waals surface area contributed by atoms with Crippen molar-refractivity contribution < 1.29 is 4.74 Å². The summed E-state index contributed by atoms with van der Waals surface area (Å²) in [5.74, 6) is 0.842. The molecule has 3 heteroatoms. The summed E-state index contributed by atoms with van der Waals surface area (Å²) >= 11 is 3.46. The molecule has 0 saturated carbocycles. The zero-order valence-corrected chi connectivity index (χ0v) is 12.7. The Morgan fingerprint density at radius 1 is 1.05 bits per heavy atom. The maximum Gasteiger partial charge on any atom is 0.125 e. The SMILES string of the molecule is CC(Oc1ccc(Br)cc1[C@H](C)N)c1ccccc1. The topological polar surface area (TPSA) is 35.2 Å². The molecule has 2 nitrogen and oxygen atoms in total. The first kappa shape index (κ1) is 14.1. The molecule has 0 heterocycles. The molecule has 2 N–H and O–H groups in total. The van der Waals surface area contributed by atoms with Crippen molar-refractivity contribution in [3.63, 3.8) is 0 Å². The molecule has 0 aliphatic rings. The molecule has 0 aliphatic heterocycles. The highest BCUT2D eigenvalue weighted by Gasteiger charge is 2.13. The van der Waals surface area contributed by atoms with E-state index in [0.29, 0.717) is 0 Å². The number of hydrogen-bond acceptors (Lipinski definition) is 2. The molecular formula is C16H18BrNO. The zero-order chi connectivity index (χ0) is 13.8. The molecule has 2 aromatic rings. The summed E-state index contributed by atoms with van der Waals surface area (Å²) in [6, 6.07) is 16.1. The van der Waals surface area contributed by atoms with Gasteiger partial charge in [0, 0.05) is 16.1 Å². The van der Waals surface area contributed by atoms with Gasteiger partial charge in [-0.3, -0.25) is 0 Å². The van der Waals surface area contributed by atoms with Crippen molar-refractivity contribution in [3.05, 3.63) is 64.1 Å². The molecular weight excluding hydrogens is 302 g/mol. The van der Waals surface area contributed by atoms with Crippen LogP contribution in [-0.4, -0.2) is 0 Å². The third-order valence-corrected chi connectivity index (χ3v) is 3.53. The van der Waals surface area contributed by atoms with Crippen LogP contribution in [0.4, 0.5) is 0 Å². The van der Waals surface area contributed by atoms with Crippen molar-refractivity contribution in [1.82, 2.24) is 0 Å². The number of rotatable bonds is 4. The van der Waals surface area contributed by atoms with Crippen LogP contribution in [0.1, 0.15) is 37.1 Å². The Morgan fingerprint density at radius 2 is 1.74 bits per heavy atom. The highest BCUT2D eigenvalue weighted by Crippen LogP contribution is 2.30. The minimum atomic E-state index is -0.0597. The first-order valence-electron chi connectivity index (χ1n) is 6.34. The third kappa shape index (κ3) is 3.58. The molecule has 0 amide bonds. The van der Waals surface area contributed by atoms with Gasteiger partial charge in [-0.25, -0.2) is 0 Å². The van der Waals surface area contributed by atoms with Crippen LogP contribution in [0.15, 0.2) is 53.0 Å². The van der Waals surface area contributed by atoms with Crippen LogP contribution in [0.5, 0.6) is 5.75 Å². The summed E-state index contributed by atoms with van der Waals surface area (Å²) < 4.78 is 7.06. The molecule has 0 radical (unpaired) electrons. The summed E-state index contributed by atoms with van der Waals surface area (Å²) in [6.45, 7) is 4.00. The highest BCUT2D eigenvalue weighted by atomic mass is 79.9. The lowest BCUT2D eigenvalue weighted by Gasteiger charge is -2.19. The second kappa shape index (κ2) is 6.22. The molecule has 0 aromatic heterocycles. The van der Waals surface area contributed by atoms with Crippen molar-refractivity contribution in [1.29, 1.82) is 0 Å². The van der Waals surface area contributed by atoms with E-state index in [1.54, 1.807) is 0 Å². The quantitative estimate of drug-likeness (QED) is 0.893. The largest absolute Gasteiger partial charge is 0.486 e. The van der Waals surface area contributed by atoms with E-state index in [1.807, 2.05) is 50.2 Å². The Kier molecular flexibility index (Phi) is 4.61. The lowest BCUT2D eigenvalue weighted by Crippen LogP contribution is -2.10. The summed E-state index contributed by atoms with van der Waals surface area (Å²) in [4.78, 5) is 0. The Balaban J connectivity index is 2.24. The minimum Gasteiger partial charge on any atom is -0.486 e. The summed E-state index contributed by atoms with van der Waals surface area (Å²) in [5, 5.41) is 0. The van der Waals surface area contributed by atoms with E-state index in [4.69, 9.17) is 10.5 Å². The van der Waals surface area contributed by atoms with Gasteiger partial charge in [-0.05, 0) is 37.6 Å². The molecule has 1 unspecified atom stereocenters. The molecule has 2 aromatic carbocycles. The van der Waals surface area contributed by atoms with Gasteiger partial charge >= 0.3 is 0 Å². The van der Waals surface area contributed by atoms with E-state index in [-0.39, 0.29) is 12.1 Å². The van der Waals surface area contributed by atoms with Crippen molar-refractivity contribution in [2.24, 2.45) is 5.73 Å². The van der Waals surface area contributed by atoms with Crippen molar-refractivity contribution in [2.75, 3.05) is 0 Å². The molecule has 0 fully saturated rings. The van der Waals surface area contributed by atoms with Gasteiger partial charge in [0.2, 0.25) is 0 Å². The van der Waals surface area contributed by atoms with Gasteiger partial charge in [-0.15, -0.1) is 0 Å². The van der Waals surface area contributed by atoms with Crippen molar-refractivity contribution >= 4 is 15.9 Å². The summed E-state index contributed by atoms with van der Waals surface area (Å²) in [7, 11) is 0. The predicted octanol–water partition coefficient (Wildman–Crippen LogP) is 4.61. The number of benzene rings is 2. The number of hydrogen-bond donors (Lipinski definition) is 1. The average molecular weight is 320 g/mol. The molecule has 2 atom stereocenters. The molecule has 19 heavy (non-hydrogen) atoms. The van der Waals surface area contributed by atoms with E-state index in [9.17, 15) is 0 Å². The number of ether oxygens (including phenoxy) is 1. The molecule has 0 spiro atoms. The fourth-order valence-electron chi connectivity index (χ4n) is 1.97. The normalized spacial score (nSPS) is 13.9. The molecule has 0 aliphatic carbocycles. The monoisotopic (exact) mass is 319 g/mol. The zero-order valence-electron chi connectivity index (χ0n) is 11.1. The van der Waals surface area contributed by atoms with Gasteiger partial charge in [-0.1, -0.05) is 46.3 Å². The molecule has 0 saturated heterocycles. The van der Waals surface area contributed by atoms with E-state index in [1.165, 1.54) is 0 Å². The van der Waals surface area contributed by atoms with Crippen LogP contribution in [0.2, 0.25) is 0 Å². The van der Waals surface area contributed by atoms with Gasteiger partial charge in [0.15, 0.2) is 0 Å². The van der Waals surface area contributed by atoms with Crippen LogP contribution >= 0.6 is 15.9 Å². The van der Waals surface area contributed by atoms with Crippen molar-refractivity contribution in [3.8, 4) is 5.75 Å². The van der Waals surface area contributed by atoms with Crippen LogP contribution in [0, 0.1) is 0 Å². The highest BCUT2D eigenvalue weighted by molar-refractivity contribution is 9.10. The summed E-state index contributed by atoms with van der Waals surface area (Å²) in [5.41, 5.74) is 8.16. The lowest BCUT2D eigenvalue weighted by atomic mass is 10.1. The van der Waals surface area contributed by atoms with Gasteiger partial charge in [-0.2, -0.15) is 0 Å². The lowest BCUT2D eigenvalue weighted by molar-refractivity contribution is 0.223. The Hall–Kier alpha value is -1.32. The second-order valence-corrected chi connectivity index (χ2v) is 5.56. The smallest absolute Gasteiger partial charge is 0.125 e. The predicted molar refractivity (Wildman–Crippen MR) is 82.2 cm³/mol. The Morgan fingerprint density at radius 3 is 2.37 bits per heavy atom. The van der Waals surface area contributed by atoms with Gasteiger partial charge in [0.05, 0.1) is 0 Å². The third-order valence-electron chi connectivity index (χ3n) is 3.04. The van der Waals surface area contributed by atoms with Crippen LogP contribution in [0.3, 0.4) is 0 Å². The van der Waals surface area contributed by atoms with Gasteiger partial charge in [0.25, 0.3) is 0 Å². The standard InChI is InChI=1S/C16H18BrNO/c1-11(18)15-10-14(17)8-9-16(15)19-12(2)13-6-4-3-5-7-13/h3-12H,18H2,1-2H3/t11-,12?/m0/s1. The fourth-order valence-corrected chi connectivity index (χ4v) is 2.34. The van der Waals surface area contributed by atoms with Crippen molar-refractivity contribution in [2.45, 2.75) is 26.0 Å². The maximum absolute atomic E-state index is 6.05. The number of nitrogens with two attached hydrogens (primary N) is 1. The maximum atomic E-state index is 6.05. The second-order valence-electron chi connectivity index (χ2n) is 4.64. The average Bonchev–Trinajstić information content (AvgIpc) is 2.41. The van der Waals surface area contributed by atoms with E-state index in [2.05, 4.69) is 28.1 Å². The molecule has 100 valence electrons. The Bertz CT molecular complexity index is 540. The van der Waals surface area contributed by atoms with E-state index < -0.39 is 0 Å². The fraction of sp³-hybridized carbons (Fsp3) is 0.250. The van der Waals surface area contributed by atoms with E-state index >= 15 is 0 Å². The first-order valence-corrected chi connectivity index (χ1v) is 7.14. The first-order chi connectivity index (χ1) is 9.08. The number of halogens is 1. The van der Waals surface area contributed by atoms with Crippen LogP contribution < -0.4 is 10.5 Å². The van der Waals surface area contributed by atoms with Gasteiger partial charge in [0.1, 0.15) is 11.9 Å². The minimum absolute atomic E-state index is 0.000115. The Labute approximate surface area is 122 Å². The van der Waals surface area contributed by atoms with Gasteiger partial charge < -0.3 is 10.5 Å².